The molecule has 8 heteroatoms. The Morgan fingerprint density at radius 3 is 2.58 bits per heavy atom. The molecule has 0 aromatic heterocycles. The molecule has 0 fully saturated rings. The molecule has 168 valence electrons. The van der Waals surface area contributed by atoms with Crippen LogP contribution in [0.1, 0.15) is 18.1 Å². The summed E-state index contributed by atoms with van der Waals surface area (Å²) < 4.78 is 25.3. The molecular formula is C25H19BrClFN2O3. The van der Waals surface area contributed by atoms with Crippen LogP contribution in [-0.4, -0.2) is 12.5 Å². The quantitative estimate of drug-likeness (QED) is 0.258. The Morgan fingerprint density at radius 2 is 1.91 bits per heavy atom. The van der Waals surface area contributed by atoms with E-state index in [-0.39, 0.29) is 18.0 Å². The predicted octanol–water partition coefficient (Wildman–Crippen LogP) is 6.76. The summed E-state index contributed by atoms with van der Waals surface area (Å²) in [5.41, 5.74) is 1.65. The van der Waals surface area contributed by atoms with Gasteiger partial charge in [0, 0.05) is 0 Å². The lowest BCUT2D eigenvalue weighted by atomic mass is 10.1. The van der Waals surface area contributed by atoms with Gasteiger partial charge in [0.2, 0.25) is 0 Å². The summed E-state index contributed by atoms with van der Waals surface area (Å²) in [6.07, 6.45) is 1.45. The van der Waals surface area contributed by atoms with Crippen LogP contribution in [0.15, 0.2) is 70.7 Å². The number of nitrogens with one attached hydrogen (secondary N) is 1. The molecule has 0 saturated heterocycles. The number of nitriles is 1. The summed E-state index contributed by atoms with van der Waals surface area (Å²) in [6, 6.07) is 18.1. The monoisotopic (exact) mass is 528 g/mol. The number of rotatable bonds is 8. The molecular weight excluding hydrogens is 511 g/mol. The molecule has 0 spiro atoms. The summed E-state index contributed by atoms with van der Waals surface area (Å²) in [5.74, 6) is -0.0179. The Bertz CT molecular complexity index is 1220. The second-order valence-electron chi connectivity index (χ2n) is 6.78. The summed E-state index contributed by atoms with van der Waals surface area (Å²) in [7, 11) is 0. The SMILES string of the molecule is CCOc1cc(/C=C(\C#N)C(=O)Nc2ccccc2Cl)cc(Br)c1OCc1ccc(F)cc1. The molecule has 3 aromatic rings. The molecule has 0 bridgehead atoms. The van der Waals surface area contributed by atoms with E-state index in [1.807, 2.05) is 13.0 Å². The van der Waals surface area contributed by atoms with Crippen molar-refractivity contribution >= 4 is 45.2 Å². The molecule has 0 saturated carbocycles. The van der Waals surface area contributed by atoms with Crippen molar-refractivity contribution in [2.75, 3.05) is 11.9 Å². The molecule has 0 unspecified atom stereocenters. The normalized spacial score (nSPS) is 10.9. The second kappa shape index (κ2) is 11.5. The number of ether oxygens (including phenoxy) is 2. The number of halogens is 3. The van der Waals surface area contributed by atoms with Crippen LogP contribution in [0.3, 0.4) is 0 Å². The van der Waals surface area contributed by atoms with Crippen molar-refractivity contribution in [3.63, 3.8) is 0 Å². The van der Waals surface area contributed by atoms with Crippen LogP contribution >= 0.6 is 27.5 Å². The second-order valence-corrected chi connectivity index (χ2v) is 8.04. The first kappa shape index (κ1) is 24.3. The molecule has 3 aromatic carbocycles. The van der Waals surface area contributed by atoms with E-state index in [0.29, 0.717) is 38.9 Å². The number of carbonyl (C=O) groups is 1. The van der Waals surface area contributed by atoms with Crippen LogP contribution < -0.4 is 14.8 Å². The highest BCUT2D eigenvalue weighted by atomic mass is 79.9. The van der Waals surface area contributed by atoms with E-state index in [4.69, 9.17) is 21.1 Å². The van der Waals surface area contributed by atoms with Crippen LogP contribution in [0.2, 0.25) is 5.02 Å². The zero-order chi connectivity index (χ0) is 23.8. The minimum absolute atomic E-state index is 0.107. The van der Waals surface area contributed by atoms with Crippen LogP contribution in [0.4, 0.5) is 10.1 Å². The third-order valence-electron chi connectivity index (χ3n) is 4.43. The van der Waals surface area contributed by atoms with E-state index < -0.39 is 5.91 Å². The lowest BCUT2D eigenvalue weighted by molar-refractivity contribution is -0.112. The van der Waals surface area contributed by atoms with Crippen LogP contribution in [-0.2, 0) is 11.4 Å². The van der Waals surface area contributed by atoms with Gasteiger partial charge in [-0.25, -0.2) is 4.39 Å². The summed E-state index contributed by atoms with van der Waals surface area (Å²) >= 11 is 9.55. The molecule has 0 atom stereocenters. The van der Waals surface area contributed by atoms with Gasteiger partial charge >= 0.3 is 0 Å². The fourth-order valence-electron chi connectivity index (χ4n) is 2.88. The van der Waals surface area contributed by atoms with Crippen molar-refractivity contribution in [3.05, 3.63) is 92.7 Å². The number of para-hydroxylation sites is 1. The van der Waals surface area contributed by atoms with Gasteiger partial charge in [-0.3, -0.25) is 4.79 Å². The average molecular weight is 530 g/mol. The number of amides is 1. The van der Waals surface area contributed by atoms with Crippen molar-refractivity contribution in [1.82, 2.24) is 0 Å². The third-order valence-corrected chi connectivity index (χ3v) is 5.34. The third kappa shape index (κ3) is 6.58. The van der Waals surface area contributed by atoms with Gasteiger partial charge < -0.3 is 14.8 Å². The molecule has 33 heavy (non-hydrogen) atoms. The minimum atomic E-state index is -0.587. The molecule has 0 radical (unpaired) electrons. The van der Waals surface area contributed by atoms with Crippen molar-refractivity contribution in [3.8, 4) is 17.6 Å². The maximum absolute atomic E-state index is 13.1. The smallest absolute Gasteiger partial charge is 0.266 e. The topological polar surface area (TPSA) is 71.3 Å². The first-order valence-corrected chi connectivity index (χ1v) is 11.1. The van der Waals surface area contributed by atoms with E-state index in [0.717, 1.165) is 5.56 Å². The number of nitrogens with zero attached hydrogens (tertiary/aromatic N) is 1. The largest absolute Gasteiger partial charge is 0.490 e. The fraction of sp³-hybridized carbons (Fsp3) is 0.120. The average Bonchev–Trinajstić information content (AvgIpc) is 2.79. The standard InChI is InChI=1S/C25H19BrClFN2O3/c1-2-32-23-13-17(11-18(14-29)25(31)30-22-6-4-3-5-21(22)27)12-20(26)24(23)33-15-16-7-9-19(28)10-8-16/h3-13H,2,15H2,1H3,(H,30,31)/b18-11+. The lowest BCUT2D eigenvalue weighted by Gasteiger charge is -2.15. The van der Waals surface area contributed by atoms with E-state index >= 15 is 0 Å². The summed E-state index contributed by atoms with van der Waals surface area (Å²) in [5, 5.41) is 12.5. The molecule has 3 rings (SSSR count). The fourth-order valence-corrected chi connectivity index (χ4v) is 3.64. The molecule has 0 aliphatic rings. The number of hydrogen-bond donors (Lipinski definition) is 1. The lowest BCUT2D eigenvalue weighted by Crippen LogP contribution is -2.13. The van der Waals surface area contributed by atoms with Gasteiger partial charge in [0.05, 0.1) is 21.8 Å². The van der Waals surface area contributed by atoms with E-state index in [1.54, 1.807) is 48.5 Å². The Kier molecular flexibility index (Phi) is 8.47. The highest BCUT2D eigenvalue weighted by Crippen LogP contribution is 2.38. The zero-order valence-corrected chi connectivity index (χ0v) is 19.9. The Balaban J connectivity index is 1.85. The molecule has 1 N–H and O–H groups in total. The molecule has 1 amide bonds. The van der Waals surface area contributed by atoms with Gasteiger partial charge in [0.25, 0.3) is 5.91 Å². The first-order valence-electron chi connectivity index (χ1n) is 9.92. The van der Waals surface area contributed by atoms with Gasteiger partial charge in [-0.15, -0.1) is 0 Å². The van der Waals surface area contributed by atoms with Gasteiger partial charge in [-0.1, -0.05) is 35.9 Å². The van der Waals surface area contributed by atoms with Gasteiger partial charge in [-0.05, 0) is 76.5 Å². The molecule has 0 heterocycles. The van der Waals surface area contributed by atoms with Crippen molar-refractivity contribution < 1.29 is 18.7 Å². The Labute approximate surface area is 204 Å². The maximum atomic E-state index is 13.1. The summed E-state index contributed by atoms with van der Waals surface area (Å²) in [4.78, 5) is 12.6. The van der Waals surface area contributed by atoms with Crippen molar-refractivity contribution in [1.29, 1.82) is 5.26 Å². The van der Waals surface area contributed by atoms with E-state index in [1.165, 1.54) is 18.2 Å². The van der Waals surface area contributed by atoms with Gasteiger partial charge in [-0.2, -0.15) is 5.26 Å². The summed E-state index contributed by atoms with van der Waals surface area (Å²) in [6.45, 7) is 2.42. The number of hydrogen-bond acceptors (Lipinski definition) is 4. The van der Waals surface area contributed by atoms with Gasteiger partial charge in [0.1, 0.15) is 24.1 Å². The van der Waals surface area contributed by atoms with Crippen molar-refractivity contribution in [2.24, 2.45) is 0 Å². The first-order chi connectivity index (χ1) is 15.9. The zero-order valence-electron chi connectivity index (χ0n) is 17.6. The predicted molar refractivity (Wildman–Crippen MR) is 130 cm³/mol. The highest BCUT2D eigenvalue weighted by molar-refractivity contribution is 9.10. The minimum Gasteiger partial charge on any atom is -0.490 e. The van der Waals surface area contributed by atoms with Crippen LogP contribution in [0, 0.1) is 17.1 Å². The number of benzene rings is 3. The Hall–Kier alpha value is -3.34. The van der Waals surface area contributed by atoms with Gasteiger partial charge in [0.15, 0.2) is 11.5 Å². The Morgan fingerprint density at radius 1 is 1.18 bits per heavy atom. The molecule has 0 aliphatic carbocycles. The number of carbonyl (C=O) groups excluding carboxylic acids is 1. The van der Waals surface area contributed by atoms with Crippen LogP contribution in [0.25, 0.3) is 6.08 Å². The molecule has 0 aliphatic heterocycles. The van der Waals surface area contributed by atoms with E-state index in [2.05, 4.69) is 21.2 Å². The maximum Gasteiger partial charge on any atom is 0.266 e. The van der Waals surface area contributed by atoms with Crippen molar-refractivity contribution in [2.45, 2.75) is 13.5 Å². The number of anilines is 1. The highest BCUT2D eigenvalue weighted by Gasteiger charge is 2.15. The van der Waals surface area contributed by atoms with Crippen LogP contribution in [0.5, 0.6) is 11.5 Å². The van der Waals surface area contributed by atoms with E-state index in [9.17, 15) is 14.4 Å². The molecule has 5 nitrogen and oxygen atoms in total.